The van der Waals surface area contributed by atoms with E-state index in [1.165, 1.54) is 11.4 Å². The van der Waals surface area contributed by atoms with E-state index in [1.807, 2.05) is 0 Å². The molecule has 1 heterocycles. The summed E-state index contributed by atoms with van der Waals surface area (Å²) in [5.74, 6) is 0. The van der Waals surface area contributed by atoms with Crippen LogP contribution in [-0.2, 0) is 31.3 Å². The predicted octanol–water partition coefficient (Wildman–Crippen LogP) is 2.37. The minimum Gasteiger partial charge on any atom is -0.207 e. The van der Waals surface area contributed by atoms with Gasteiger partial charge in [-0.2, -0.15) is 31.0 Å². The predicted molar refractivity (Wildman–Crippen MR) is 78.3 cm³/mol. The van der Waals surface area contributed by atoms with Crippen molar-refractivity contribution in [2.24, 2.45) is 7.05 Å². The Morgan fingerprint density at radius 1 is 1.00 bits per heavy atom. The van der Waals surface area contributed by atoms with Crippen LogP contribution in [0.25, 0.3) is 0 Å². The first kappa shape index (κ1) is 24.0. The molecule has 0 saturated heterocycles. The van der Waals surface area contributed by atoms with Crippen LogP contribution in [0.3, 0.4) is 0 Å². The van der Waals surface area contributed by atoms with E-state index in [4.69, 9.17) is 0 Å². The summed E-state index contributed by atoms with van der Waals surface area (Å²) in [6, 6.07) is 2.20. The Hall–Kier alpha value is -0.960. The molecule has 1 aromatic heterocycles. The Morgan fingerprint density at radius 3 is 1.52 bits per heavy atom. The first-order chi connectivity index (χ1) is 10.9. The van der Waals surface area contributed by atoms with Crippen LogP contribution in [0.2, 0.25) is 0 Å². The summed E-state index contributed by atoms with van der Waals surface area (Å²) in [6.45, 7) is 7.47. The number of hydrogen-bond donors (Lipinski definition) is 0. The lowest BCUT2D eigenvalue weighted by molar-refractivity contribution is -0.758. The molecule has 0 saturated carbocycles. The van der Waals surface area contributed by atoms with Crippen LogP contribution < -0.4 is 4.68 Å². The third-order valence-corrected chi connectivity index (χ3v) is 9.67. The monoisotopic (exact) mass is 437 g/mol. The lowest BCUT2D eigenvalue weighted by atomic mass is 10.4. The van der Waals surface area contributed by atoms with Crippen LogP contribution in [0.15, 0.2) is 6.07 Å². The van der Waals surface area contributed by atoms with E-state index in [2.05, 4.69) is 43.2 Å². The molecule has 0 aliphatic rings. The first-order valence-corrected chi connectivity index (χ1v) is 11.1. The Bertz CT molecular complexity index is 767. The summed E-state index contributed by atoms with van der Waals surface area (Å²) >= 11 is 0. The third kappa shape index (κ3) is 6.06. The summed E-state index contributed by atoms with van der Waals surface area (Å²) in [4.78, 5) is 0. The van der Waals surface area contributed by atoms with Crippen molar-refractivity contribution in [3.8, 4) is 0 Å². The molecule has 0 atom stereocenters. The molecule has 6 nitrogen and oxygen atoms in total. The maximum Gasteiger partial charge on any atom is 0.508 e. The Balaban J connectivity index is 0.000000496. The van der Waals surface area contributed by atoms with Crippen molar-refractivity contribution in [3.05, 3.63) is 17.5 Å². The smallest absolute Gasteiger partial charge is 0.207 e. The van der Waals surface area contributed by atoms with E-state index < -0.39 is 38.6 Å². The fourth-order valence-corrected chi connectivity index (χ4v) is 6.63. The second-order valence-electron chi connectivity index (χ2n) is 4.53. The SMILES string of the molecule is CCn1c(C)cc(C)[n+]1C.O=S(=O)(SS(=O)(=O)C(F)(F)F)C(F)(F)F. The molecular weight excluding hydrogens is 422 g/mol. The van der Waals surface area contributed by atoms with E-state index in [0.717, 1.165) is 6.54 Å². The van der Waals surface area contributed by atoms with Gasteiger partial charge in [-0.1, -0.05) is 0 Å². The van der Waals surface area contributed by atoms with Gasteiger partial charge in [-0.15, -0.1) is 4.68 Å². The zero-order valence-electron chi connectivity index (χ0n) is 13.3. The Labute approximate surface area is 143 Å². The molecular formula is C10H15F6N2O4S3+. The highest BCUT2D eigenvalue weighted by molar-refractivity contribution is 9.04. The number of nitrogens with zero attached hydrogens (tertiary/aromatic N) is 2. The molecule has 0 N–H and O–H groups in total. The number of aryl methyl sites for hydroxylation is 2. The number of alkyl halides is 6. The minimum atomic E-state index is -6.43. The summed E-state index contributed by atoms with van der Waals surface area (Å²) in [5.41, 5.74) is -9.49. The molecule has 0 aromatic carbocycles. The molecule has 0 radical (unpaired) electrons. The van der Waals surface area contributed by atoms with Crippen LogP contribution in [0.4, 0.5) is 26.3 Å². The van der Waals surface area contributed by atoms with Crippen LogP contribution >= 0.6 is 9.83 Å². The number of rotatable bonds is 3. The molecule has 0 aliphatic carbocycles. The average molecular weight is 437 g/mol. The van der Waals surface area contributed by atoms with Gasteiger partial charge in [0.15, 0.2) is 7.05 Å². The summed E-state index contributed by atoms with van der Waals surface area (Å²) in [5, 5.41) is 0. The molecule has 0 amide bonds. The lowest BCUT2D eigenvalue weighted by Gasteiger charge is -2.08. The van der Waals surface area contributed by atoms with Crippen molar-refractivity contribution >= 4 is 27.6 Å². The standard InChI is InChI=1S/C8H15N2.C2F6O4S3/c1-5-10-8(3)6-7(2)9(10)4;3-1(4,5)14(9,10)13-15(11,12)2(6,7)8/h6H,5H2,1-4H3;/q+1;. The molecule has 0 aliphatic heterocycles. The van der Waals surface area contributed by atoms with Gasteiger partial charge in [0.25, 0.3) is 0 Å². The van der Waals surface area contributed by atoms with Crippen molar-refractivity contribution in [3.63, 3.8) is 0 Å². The first-order valence-electron chi connectivity index (χ1n) is 6.24. The maximum absolute atomic E-state index is 11.5. The van der Waals surface area contributed by atoms with Gasteiger partial charge in [-0.05, 0) is 13.8 Å². The summed E-state index contributed by atoms with van der Waals surface area (Å²) in [7, 11) is -13.0. The van der Waals surface area contributed by atoms with Gasteiger partial charge in [0.05, 0.1) is 12.2 Å². The van der Waals surface area contributed by atoms with E-state index in [1.54, 1.807) is 0 Å². The highest BCUT2D eigenvalue weighted by atomic mass is 33.5. The second-order valence-corrected chi connectivity index (χ2v) is 11.7. The number of aromatic nitrogens is 2. The molecule has 148 valence electrons. The second kappa shape index (κ2) is 7.73. The van der Waals surface area contributed by atoms with Crippen molar-refractivity contribution in [2.75, 3.05) is 0 Å². The molecule has 0 spiro atoms. The number of halogens is 6. The van der Waals surface area contributed by atoms with Gasteiger partial charge in [-0.25, -0.2) is 16.8 Å². The largest absolute Gasteiger partial charge is 0.508 e. The number of hydrogen-bond acceptors (Lipinski definition) is 5. The quantitative estimate of drug-likeness (QED) is 0.412. The molecule has 0 bridgehead atoms. The average Bonchev–Trinajstić information content (AvgIpc) is 2.59. The lowest BCUT2D eigenvalue weighted by Crippen LogP contribution is -2.41. The molecule has 15 heteroatoms. The Kier molecular flexibility index (Phi) is 7.44. The highest BCUT2D eigenvalue weighted by Crippen LogP contribution is 2.42. The fraction of sp³-hybridized carbons (Fsp3) is 0.700. The van der Waals surface area contributed by atoms with Crippen molar-refractivity contribution in [1.29, 1.82) is 0 Å². The molecule has 1 aromatic rings. The van der Waals surface area contributed by atoms with E-state index in [9.17, 15) is 43.2 Å². The third-order valence-electron chi connectivity index (χ3n) is 2.74. The van der Waals surface area contributed by atoms with Gasteiger partial charge < -0.3 is 0 Å². The Morgan fingerprint density at radius 2 is 1.36 bits per heavy atom. The zero-order chi connectivity index (χ0) is 20.4. The summed E-state index contributed by atoms with van der Waals surface area (Å²) in [6.07, 6.45) is 0. The fourth-order valence-electron chi connectivity index (χ4n) is 1.55. The van der Waals surface area contributed by atoms with E-state index in [0.29, 0.717) is 0 Å². The molecule has 0 fully saturated rings. The van der Waals surface area contributed by atoms with E-state index >= 15 is 0 Å². The van der Waals surface area contributed by atoms with Crippen LogP contribution in [-0.4, -0.2) is 32.5 Å². The van der Waals surface area contributed by atoms with Gasteiger partial charge in [0, 0.05) is 13.0 Å². The van der Waals surface area contributed by atoms with Crippen molar-refractivity contribution in [2.45, 2.75) is 38.3 Å². The minimum absolute atomic E-state index is 1.05. The van der Waals surface area contributed by atoms with Crippen LogP contribution in [0, 0.1) is 13.8 Å². The van der Waals surface area contributed by atoms with Crippen molar-refractivity contribution < 1.29 is 47.9 Å². The molecule has 25 heavy (non-hydrogen) atoms. The van der Waals surface area contributed by atoms with E-state index in [-0.39, 0.29) is 0 Å². The normalized spacial score (nSPS) is 13.4. The highest BCUT2D eigenvalue weighted by Gasteiger charge is 2.56. The summed E-state index contributed by atoms with van der Waals surface area (Å²) < 4.78 is 114. The molecule has 1 rings (SSSR count). The zero-order valence-corrected chi connectivity index (χ0v) is 15.8. The van der Waals surface area contributed by atoms with Gasteiger partial charge in [0.2, 0.25) is 5.69 Å². The van der Waals surface area contributed by atoms with Crippen LogP contribution in [0.5, 0.6) is 0 Å². The van der Waals surface area contributed by atoms with Gasteiger partial charge in [0.1, 0.15) is 9.83 Å². The molecule has 0 unspecified atom stereocenters. The van der Waals surface area contributed by atoms with Gasteiger partial charge >= 0.3 is 28.8 Å². The maximum atomic E-state index is 11.5. The topological polar surface area (TPSA) is 77.1 Å². The van der Waals surface area contributed by atoms with Crippen LogP contribution in [0.1, 0.15) is 18.3 Å². The van der Waals surface area contributed by atoms with Gasteiger partial charge in [-0.3, -0.25) is 0 Å². The van der Waals surface area contributed by atoms with Crippen molar-refractivity contribution in [1.82, 2.24) is 4.68 Å².